The maximum Gasteiger partial charge on any atom is 0.286 e. The molecule has 0 radical (unpaired) electrons. The summed E-state index contributed by atoms with van der Waals surface area (Å²) in [6, 6.07) is -0.477. The molecule has 1 fully saturated rings. The molecule has 0 aromatic carbocycles. The summed E-state index contributed by atoms with van der Waals surface area (Å²) in [5.41, 5.74) is 0.272. The molecule has 2 rings (SSSR count). The van der Waals surface area contributed by atoms with E-state index in [0.717, 1.165) is 44.4 Å². The van der Waals surface area contributed by atoms with Crippen molar-refractivity contribution in [3.63, 3.8) is 0 Å². The topological polar surface area (TPSA) is 79.5 Å². The highest BCUT2D eigenvalue weighted by Crippen LogP contribution is 2.39. The fourth-order valence-electron chi connectivity index (χ4n) is 4.29. The first kappa shape index (κ1) is 25.8. The van der Waals surface area contributed by atoms with Crippen molar-refractivity contribution in [2.45, 2.75) is 84.0 Å². The second-order valence-corrected chi connectivity index (χ2v) is 11.5. The molecular formula is C23H40N4O3S. The average molecular weight is 453 g/mol. The molecule has 1 atom stereocenters. The summed E-state index contributed by atoms with van der Waals surface area (Å²) in [6.07, 6.45) is 5.46. The second kappa shape index (κ2) is 11.5. The van der Waals surface area contributed by atoms with Gasteiger partial charge in [0.15, 0.2) is 0 Å². The number of carbonyl (C=O) groups excluding carboxylic acids is 2. The van der Waals surface area contributed by atoms with E-state index in [-0.39, 0.29) is 29.0 Å². The van der Waals surface area contributed by atoms with Crippen molar-refractivity contribution in [2.75, 3.05) is 26.4 Å². The van der Waals surface area contributed by atoms with Crippen LogP contribution in [0.4, 0.5) is 0 Å². The van der Waals surface area contributed by atoms with Crippen molar-refractivity contribution < 1.29 is 14.0 Å². The van der Waals surface area contributed by atoms with Crippen LogP contribution in [-0.2, 0) is 4.79 Å². The normalized spacial score (nSPS) is 20.8. The molecule has 1 unspecified atom stereocenters. The van der Waals surface area contributed by atoms with E-state index in [4.69, 9.17) is 4.42 Å². The summed E-state index contributed by atoms with van der Waals surface area (Å²) in [6.45, 7) is 11.9. The molecule has 0 saturated heterocycles. The number of amides is 1. The fourth-order valence-corrected chi connectivity index (χ4v) is 5.16. The lowest BCUT2D eigenvalue weighted by molar-refractivity contribution is -0.123. The molecule has 1 saturated carbocycles. The Morgan fingerprint density at radius 1 is 1.19 bits per heavy atom. The molecule has 176 valence electrons. The van der Waals surface area contributed by atoms with E-state index in [9.17, 15) is 9.59 Å². The first-order valence-electron chi connectivity index (χ1n) is 11.4. The summed E-state index contributed by atoms with van der Waals surface area (Å²) in [7, 11) is 4.01. The van der Waals surface area contributed by atoms with Gasteiger partial charge in [0.1, 0.15) is 6.04 Å². The molecule has 8 heteroatoms. The Kier molecular flexibility index (Phi) is 9.55. The lowest BCUT2D eigenvalue weighted by Gasteiger charge is -2.42. The van der Waals surface area contributed by atoms with Crippen LogP contribution in [-0.4, -0.2) is 70.7 Å². The van der Waals surface area contributed by atoms with E-state index in [0.29, 0.717) is 17.6 Å². The van der Waals surface area contributed by atoms with Gasteiger partial charge in [-0.05, 0) is 63.5 Å². The monoisotopic (exact) mass is 452 g/mol. The molecule has 1 heterocycles. The van der Waals surface area contributed by atoms with Gasteiger partial charge in [-0.1, -0.05) is 46.4 Å². The summed E-state index contributed by atoms with van der Waals surface area (Å²) in [4.78, 5) is 29.3. The number of carbonyl (C=O) groups is 2. The van der Waals surface area contributed by atoms with Gasteiger partial charge in [-0.3, -0.25) is 9.59 Å². The highest BCUT2D eigenvalue weighted by molar-refractivity contribution is 7.99. The number of hydrogen-bond acceptors (Lipinski definition) is 7. The molecule has 0 spiro atoms. The summed E-state index contributed by atoms with van der Waals surface area (Å²) >= 11 is 1.44. The molecule has 0 aliphatic heterocycles. The maximum absolute atomic E-state index is 13.3. The Bertz CT molecular complexity index is 706. The van der Waals surface area contributed by atoms with E-state index in [1.54, 1.807) is 4.90 Å². The van der Waals surface area contributed by atoms with Gasteiger partial charge in [-0.25, -0.2) is 0 Å². The van der Waals surface area contributed by atoms with Gasteiger partial charge in [-0.2, -0.15) is 0 Å². The number of nitrogens with zero attached hydrogens (tertiary/aromatic N) is 4. The zero-order chi connectivity index (χ0) is 23.2. The van der Waals surface area contributed by atoms with Crippen molar-refractivity contribution in [2.24, 2.45) is 17.3 Å². The molecule has 1 aromatic rings. The zero-order valence-electron chi connectivity index (χ0n) is 20.3. The van der Waals surface area contributed by atoms with Crippen LogP contribution in [0, 0.1) is 17.3 Å². The highest BCUT2D eigenvalue weighted by Gasteiger charge is 2.38. The van der Waals surface area contributed by atoms with Crippen LogP contribution in [0.25, 0.3) is 0 Å². The molecule has 1 aliphatic rings. The van der Waals surface area contributed by atoms with Gasteiger partial charge >= 0.3 is 0 Å². The molecule has 1 amide bonds. The maximum atomic E-state index is 13.3. The largest absolute Gasteiger partial charge is 0.408 e. The fraction of sp³-hybridized carbons (Fsp3) is 0.826. The zero-order valence-corrected chi connectivity index (χ0v) is 21.1. The Morgan fingerprint density at radius 3 is 2.35 bits per heavy atom. The third-order valence-corrected chi connectivity index (χ3v) is 7.00. The molecule has 1 aromatic heterocycles. The minimum atomic E-state index is -0.561. The summed E-state index contributed by atoms with van der Waals surface area (Å²) in [5.74, 6) is 1.47. The van der Waals surface area contributed by atoms with Gasteiger partial charge in [0.25, 0.3) is 11.1 Å². The average Bonchev–Trinajstić information content (AvgIpc) is 3.15. The summed E-state index contributed by atoms with van der Waals surface area (Å²) < 4.78 is 5.66. The van der Waals surface area contributed by atoms with Crippen molar-refractivity contribution in [3.05, 3.63) is 5.89 Å². The quantitative estimate of drug-likeness (QED) is 0.280. The predicted octanol–water partition coefficient (Wildman–Crippen LogP) is 4.38. The molecule has 0 N–H and O–H groups in total. The minimum absolute atomic E-state index is 0.00762. The number of Topliss-reactive ketones (excluding diaryl/α,β-unsaturated/α-hetero) is 1. The lowest BCUT2D eigenvalue weighted by atomic mass is 9.71. The SMILES string of the molecule is CC(C)CC(C(=O)c1nnc(SCCN(C)C)o1)N(C=O)C1CCC(C(C)(C)C)CC1. The standard InChI is InChI=1S/C23H40N4O3S/c1-16(2)14-19(20(29)21-24-25-22(30-21)31-13-12-26(6)7)27(15-28)18-10-8-17(9-11-18)23(3,4)5/h15-19H,8-14H2,1-7H3. The van der Waals surface area contributed by atoms with E-state index >= 15 is 0 Å². The third kappa shape index (κ3) is 7.59. The smallest absolute Gasteiger partial charge is 0.286 e. The van der Waals surface area contributed by atoms with Gasteiger partial charge < -0.3 is 14.2 Å². The van der Waals surface area contributed by atoms with E-state index in [2.05, 4.69) is 49.7 Å². The van der Waals surface area contributed by atoms with Crippen LogP contribution in [0.15, 0.2) is 9.64 Å². The summed E-state index contributed by atoms with van der Waals surface area (Å²) in [5, 5.41) is 8.44. The van der Waals surface area contributed by atoms with Crippen molar-refractivity contribution in [1.29, 1.82) is 0 Å². The predicted molar refractivity (Wildman–Crippen MR) is 124 cm³/mol. The van der Waals surface area contributed by atoms with Crippen molar-refractivity contribution >= 4 is 24.0 Å². The number of rotatable bonds is 11. The van der Waals surface area contributed by atoms with Crippen LogP contribution in [0.3, 0.4) is 0 Å². The van der Waals surface area contributed by atoms with E-state index in [1.165, 1.54) is 11.8 Å². The molecule has 7 nitrogen and oxygen atoms in total. The van der Waals surface area contributed by atoms with Crippen LogP contribution >= 0.6 is 11.8 Å². The van der Waals surface area contributed by atoms with Gasteiger partial charge in [-0.15, -0.1) is 10.2 Å². The first-order chi connectivity index (χ1) is 14.5. The van der Waals surface area contributed by atoms with Crippen molar-refractivity contribution in [1.82, 2.24) is 20.0 Å². The number of ketones is 1. The number of aromatic nitrogens is 2. The second-order valence-electron chi connectivity index (χ2n) is 10.5. The Balaban J connectivity index is 2.11. The van der Waals surface area contributed by atoms with E-state index in [1.807, 2.05) is 14.1 Å². The number of hydrogen-bond donors (Lipinski definition) is 0. The highest BCUT2D eigenvalue weighted by atomic mass is 32.2. The Labute approximate surface area is 191 Å². The van der Waals surface area contributed by atoms with Crippen LogP contribution in [0.2, 0.25) is 0 Å². The minimum Gasteiger partial charge on any atom is -0.408 e. The molecular weight excluding hydrogens is 412 g/mol. The van der Waals surface area contributed by atoms with Crippen LogP contribution in [0.1, 0.15) is 77.4 Å². The van der Waals surface area contributed by atoms with Crippen LogP contribution < -0.4 is 0 Å². The molecule has 1 aliphatic carbocycles. The molecule has 0 bridgehead atoms. The number of thioether (sulfide) groups is 1. The Morgan fingerprint density at radius 2 is 1.84 bits per heavy atom. The van der Waals surface area contributed by atoms with Gasteiger partial charge in [0.2, 0.25) is 12.2 Å². The van der Waals surface area contributed by atoms with Crippen LogP contribution in [0.5, 0.6) is 0 Å². The van der Waals surface area contributed by atoms with Crippen molar-refractivity contribution in [3.8, 4) is 0 Å². The molecule has 31 heavy (non-hydrogen) atoms. The Hall–Kier alpha value is -1.41. The van der Waals surface area contributed by atoms with Gasteiger partial charge in [0, 0.05) is 18.3 Å². The lowest BCUT2D eigenvalue weighted by Crippen LogP contribution is -2.49. The first-order valence-corrected chi connectivity index (χ1v) is 12.4. The van der Waals surface area contributed by atoms with Gasteiger partial charge in [0.05, 0.1) is 0 Å². The third-order valence-electron chi connectivity index (χ3n) is 6.20. The van der Waals surface area contributed by atoms with E-state index < -0.39 is 6.04 Å².